The fourth-order valence-corrected chi connectivity index (χ4v) is 1.72. The van der Waals surface area contributed by atoms with Crippen LogP contribution in [0, 0.1) is 13.8 Å². The van der Waals surface area contributed by atoms with Gasteiger partial charge in [-0.15, -0.1) is 0 Å². The molecule has 0 saturated carbocycles. The van der Waals surface area contributed by atoms with E-state index in [-0.39, 0.29) is 5.95 Å². The minimum Gasteiger partial charge on any atom is -0.444 e. The Balaban J connectivity index is 1.79. The molecule has 0 amide bonds. The van der Waals surface area contributed by atoms with Gasteiger partial charge in [0.1, 0.15) is 12.1 Å². The molecule has 0 fully saturated rings. The Morgan fingerprint density at radius 1 is 1.24 bits per heavy atom. The number of aromatic nitrogens is 6. The predicted octanol–water partition coefficient (Wildman–Crippen LogP) is 0.856. The van der Waals surface area contributed by atoms with Crippen LogP contribution in [0.3, 0.4) is 0 Å². The molecule has 3 heterocycles. The molecule has 0 unspecified atom stereocenters. The van der Waals surface area contributed by atoms with Crippen LogP contribution in [-0.4, -0.2) is 29.5 Å². The maximum absolute atomic E-state index is 5.69. The molecule has 0 aliphatic rings. The van der Waals surface area contributed by atoms with E-state index >= 15 is 0 Å². The van der Waals surface area contributed by atoms with Gasteiger partial charge < -0.3 is 15.5 Å². The van der Waals surface area contributed by atoms with Gasteiger partial charge in [0.2, 0.25) is 23.7 Å². The highest BCUT2D eigenvalue weighted by molar-refractivity contribution is 5.35. The molecule has 0 aliphatic heterocycles. The van der Waals surface area contributed by atoms with Crippen molar-refractivity contribution in [1.82, 2.24) is 29.5 Å². The molecule has 0 spiro atoms. The van der Waals surface area contributed by atoms with Crippen LogP contribution in [0.2, 0.25) is 0 Å². The maximum atomic E-state index is 5.69. The minimum absolute atomic E-state index is 0.121. The largest absolute Gasteiger partial charge is 0.444 e. The second-order valence-corrected chi connectivity index (χ2v) is 4.39. The third-order valence-corrected chi connectivity index (χ3v) is 2.85. The van der Waals surface area contributed by atoms with E-state index < -0.39 is 0 Å². The van der Waals surface area contributed by atoms with Gasteiger partial charge in [0.15, 0.2) is 0 Å². The van der Waals surface area contributed by atoms with E-state index in [1.807, 2.05) is 13.8 Å². The van der Waals surface area contributed by atoms with Gasteiger partial charge >= 0.3 is 0 Å². The monoisotopic (exact) mass is 286 g/mol. The van der Waals surface area contributed by atoms with Gasteiger partial charge in [-0.05, 0) is 13.8 Å². The first-order chi connectivity index (χ1) is 10.1. The Bertz CT molecular complexity index is 729. The van der Waals surface area contributed by atoms with Gasteiger partial charge in [-0.1, -0.05) is 0 Å². The molecule has 0 aliphatic carbocycles. The van der Waals surface area contributed by atoms with Gasteiger partial charge in [-0.25, -0.2) is 9.97 Å². The van der Waals surface area contributed by atoms with Gasteiger partial charge in [0.25, 0.3) is 0 Å². The fraction of sp³-hybridized carbons (Fsp3) is 0.250. The molecular formula is C12H14N8O. The van der Waals surface area contributed by atoms with Crippen LogP contribution in [0.25, 0.3) is 5.95 Å². The van der Waals surface area contributed by atoms with Crippen LogP contribution in [0.5, 0.6) is 0 Å². The molecule has 9 nitrogen and oxygen atoms in total. The standard InChI is InChI=1S/C12H14N8O/c1-7-8(2)21-9(16-7)5-15-11-17-10(13)18-12(19-11)20-4-3-14-6-20/h3-4,6H,5H2,1-2H3,(H3,13,15,17,18,19). The van der Waals surface area contributed by atoms with Crippen LogP contribution in [0.1, 0.15) is 17.3 Å². The number of hydrogen-bond acceptors (Lipinski definition) is 8. The zero-order valence-corrected chi connectivity index (χ0v) is 11.6. The molecule has 0 atom stereocenters. The molecule has 0 radical (unpaired) electrons. The number of nitrogens with zero attached hydrogens (tertiary/aromatic N) is 6. The Kier molecular flexibility index (Phi) is 3.22. The number of anilines is 2. The summed E-state index contributed by atoms with van der Waals surface area (Å²) >= 11 is 0. The summed E-state index contributed by atoms with van der Waals surface area (Å²) in [6.45, 7) is 4.12. The van der Waals surface area contributed by atoms with Crippen molar-refractivity contribution in [3.8, 4) is 5.95 Å². The van der Waals surface area contributed by atoms with E-state index in [2.05, 4.69) is 30.2 Å². The lowest BCUT2D eigenvalue weighted by molar-refractivity contribution is 0.477. The fourth-order valence-electron chi connectivity index (χ4n) is 1.72. The minimum atomic E-state index is 0.121. The van der Waals surface area contributed by atoms with Crippen molar-refractivity contribution >= 4 is 11.9 Å². The number of oxazole rings is 1. The zero-order chi connectivity index (χ0) is 14.8. The highest BCUT2D eigenvalue weighted by atomic mass is 16.4. The Morgan fingerprint density at radius 3 is 2.76 bits per heavy atom. The van der Waals surface area contributed by atoms with E-state index in [1.165, 1.54) is 0 Å². The Labute approximate surface area is 120 Å². The lowest BCUT2D eigenvalue weighted by Crippen LogP contribution is -2.10. The van der Waals surface area contributed by atoms with Crippen molar-refractivity contribution in [2.45, 2.75) is 20.4 Å². The lowest BCUT2D eigenvalue weighted by Gasteiger charge is -2.05. The van der Waals surface area contributed by atoms with Crippen LogP contribution >= 0.6 is 0 Å². The topological polar surface area (TPSA) is 121 Å². The van der Waals surface area contributed by atoms with Crippen molar-refractivity contribution < 1.29 is 4.42 Å². The second kappa shape index (κ2) is 5.19. The van der Waals surface area contributed by atoms with Gasteiger partial charge in [0, 0.05) is 12.4 Å². The average molecular weight is 286 g/mol. The number of nitrogen functional groups attached to an aromatic ring is 1. The first-order valence-electron chi connectivity index (χ1n) is 6.28. The second-order valence-electron chi connectivity index (χ2n) is 4.39. The van der Waals surface area contributed by atoms with Crippen LogP contribution in [0.4, 0.5) is 11.9 Å². The molecule has 3 rings (SSSR count). The molecule has 0 aromatic carbocycles. The van der Waals surface area contributed by atoms with Crippen molar-refractivity contribution in [2.24, 2.45) is 0 Å². The third kappa shape index (κ3) is 2.81. The molecular weight excluding hydrogens is 272 g/mol. The van der Waals surface area contributed by atoms with Gasteiger partial charge in [-0.3, -0.25) is 4.57 Å². The molecule has 108 valence electrons. The first kappa shape index (κ1) is 13.0. The number of rotatable bonds is 4. The normalized spacial score (nSPS) is 10.8. The summed E-state index contributed by atoms with van der Waals surface area (Å²) in [6.07, 6.45) is 4.93. The Hall–Kier alpha value is -2.97. The summed E-state index contributed by atoms with van der Waals surface area (Å²) < 4.78 is 7.12. The number of aryl methyl sites for hydroxylation is 2. The third-order valence-electron chi connectivity index (χ3n) is 2.85. The van der Waals surface area contributed by atoms with Gasteiger partial charge in [-0.2, -0.15) is 15.0 Å². The van der Waals surface area contributed by atoms with E-state index in [4.69, 9.17) is 10.2 Å². The predicted molar refractivity (Wildman–Crippen MR) is 74.7 cm³/mol. The van der Waals surface area contributed by atoms with Crippen LogP contribution < -0.4 is 11.1 Å². The summed E-state index contributed by atoms with van der Waals surface area (Å²) in [4.78, 5) is 20.6. The number of nitrogens with one attached hydrogen (secondary N) is 1. The number of nitrogens with two attached hydrogens (primary N) is 1. The van der Waals surface area contributed by atoms with E-state index in [0.717, 1.165) is 11.5 Å². The highest BCUT2D eigenvalue weighted by Gasteiger charge is 2.09. The molecule has 3 N–H and O–H groups in total. The summed E-state index contributed by atoms with van der Waals surface area (Å²) in [7, 11) is 0. The Morgan fingerprint density at radius 2 is 2.10 bits per heavy atom. The van der Waals surface area contributed by atoms with Crippen molar-refractivity contribution in [2.75, 3.05) is 11.1 Å². The molecule has 21 heavy (non-hydrogen) atoms. The summed E-state index contributed by atoms with van der Waals surface area (Å²) in [6, 6.07) is 0. The number of hydrogen-bond donors (Lipinski definition) is 2. The van der Waals surface area contributed by atoms with Crippen molar-refractivity contribution in [1.29, 1.82) is 0 Å². The summed E-state index contributed by atoms with van der Waals surface area (Å²) in [5.74, 6) is 2.21. The highest BCUT2D eigenvalue weighted by Crippen LogP contribution is 2.11. The first-order valence-corrected chi connectivity index (χ1v) is 6.28. The SMILES string of the molecule is Cc1nc(CNc2nc(N)nc(-n3ccnc3)n2)oc1C. The van der Waals surface area contributed by atoms with Crippen molar-refractivity contribution in [3.05, 3.63) is 36.1 Å². The maximum Gasteiger partial charge on any atom is 0.241 e. The zero-order valence-electron chi connectivity index (χ0n) is 11.6. The molecule has 0 saturated heterocycles. The number of imidazole rings is 1. The summed E-state index contributed by atoms with van der Waals surface area (Å²) in [5.41, 5.74) is 6.55. The van der Waals surface area contributed by atoms with Crippen molar-refractivity contribution in [3.63, 3.8) is 0 Å². The molecule has 3 aromatic heterocycles. The molecule has 0 bridgehead atoms. The summed E-state index contributed by atoms with van der Waals surface area (Å²) in [5, 5.41) is 3.01. The smallest absolute Gasteiger partial charge is 0.241 e. The van der Waals surface area contributed by atoms with E-state index in [9.17, 15) is 0 Å². The van der Waals surface area contributed by atoms with E-state index in [1.54, 1.807) is 23.3 Å². The van der Waals surface area contributed by atoms with Crippen LogP contribution in [0.15, 0.2) is 23.1 Å². The average Bonchev–Trinajstić information content (AvgIpc) is 3.07. The molecule has 9 heteroatoms. The van der Waals surface area contributed by atoms with Gasteiger partial charge in [0.05, 0.1) is 12.2 Å². The lowest BCUT2D eigenvalue weighted by atomic mass is 10.4. The van der Waals surface area contributed by atoms with Crippen LogP contribution in [-0.2, 0) is 6.54 Å². The van der Waals surface area contributed by atoms with E-state index in [0.29, 0.717) is 24.3 Å². The quantitative estimate of drug-likeness (QED) is 0.724. The molecule has 3 aromatic rings.